The molecule has 0 aliphatic rings. The standard InChI is InChI=1S/C9H14O7S3/c10-1-2-14-6(11)3-9(19,15-7(12)4-17)16-8(13)5-18/h10,17-19H,1-5H2. The molecule has 0 bridgehead atoms. The minimum atomic E-state index is -2.09. The zero-order chi connectivity index (χ0) is 14.9. The van der Waals surface area contributed by atoms with Crippen molar-refractivity contribution >= 4 is 55.8 Å². The highest BCUT2D eigenvalue weighted by molar-refractivity contribution is 7.82. The van der Waals surface area contributed by atoms with E-state index in [9.17, 15) is 14.4 Å². The van der Waals surface area contributed by atoms with Crippen molar-refractivity contribution in [3.05, 3.63) is 0 Å². The van der Waals surface area contributed by atoms with E-state index in [-0.39, 0.29) is 24.7 Å². The molecule has 7 nitrogen and oxygen atoms in total. The molecular weight excluding hydrogens is 316 g/mol. The van der Waals surface area contributed by atoms with Gasteiger partial charge in [-0.3, -0.25) is 14.4 Å². The van der Waals surface area contributed by atoms with Gasteiger partial charge in [-0.05, 0) is 0 Å². The molecule has 0 fully saturated rings. The Labute approximate surface area is 126 Å². The summed E-state index contributed by atoms with van der Waals surface area (Å²) in [6.07, 6.45) is -0.630. The molecule has 0 saturated carbocycles. The van der Waals surface area contributed by atoms with Gasteiger partial charge >= 0.3 is 23.0 Å². The Morgan fingerprint density at radius 3 is 1.84 bits per heavy atom. The third-order valence-electron chi connectivity index (χ3n) is 1.53. The molecule has 0 aromatic rings. The number of hydrogen-bond acceptors (Lipinski definition) is 10. The van der Waals surface area contributed by atoms with Gasteiger partial charge in [0, 0.05) is 0 Å². The van der Waals surface area contributed by atoms with Crippen molar-refractivity contribution in [2.24, 2.45) is 0 Å². The van der Waals surface area contributed by atoms with Gasteiger partial charge in [-0.1, -0.05) is 12.6 Å². The van der Waals surface area contributed by atoms with Crippen molar-refractivity contribution in [2.45, 2.75) is 11.5 Å². The van der Waals surface area contributed by atoms with Gasteiger partial charge in [0.2, 0.25) is 0 Å². The van der Waals surface area contributed by atoms with E-state index < -0.39 is 29.4 Å². The van der Waals surface area contributed by atoms with Crippen LogP contribution in [0.25, 0.3) is 0 Å². The molecule has 0 unspecified atom stereocenters. The molecule has 0 spiro atoms. The Morgan fingerprint density at radius 2 is 1.47 bits per heavy atom. The zero-order valence-electron chi connectivity index (χ0n) is 9.77. The van der Waals surface area contributed by atoms with E-state index in [2.05, 4.69) is 42.6 Å². The molecule has 0 aliphatic carbocycles. The summed E-state index contributed by atoms with van der Waals surface area (Å²) in [5, 5.41) is 6.40. The molecule has 19 heavy (non-hydrogen) atoms. The van der Waals surface area contributed by atoms with Gasteiger partial charge in [0.1, 0.15) is 13.0 Å². The molecule has 0 amide bonds. The van der Waals surface area contributed by atoms with Crippen LogP contribution in [0.4, 0.5) is 0 Å². The maximum Gasteiger partial charge on any atom is 0.319 e. The fourth-order valence-electron chi connectivity index (χ4n) is 0.906. The second-order valence-corrected chi connectivity index (χ2v) is 4.41. The maximum atomic E-state index is 11.4. The number of rotatable bonds is 8. The summed E-state index contributed by atoms with van der Waals surface area (Å²) in [6, 6.07) is 0. The van der Waals surface area contributed by atoms with E-state index in [0.29, 0.717) is 0 Å². The summed E-state index contributed by atoms with van der Waals surface area (Å²) in [6.45, 7) is -0.595. The third-order valence-corrected chi connectivity index (χ3v) is 2.38. The number of hydrogen-bond donors (Lipinski definition) is 4. The quantitative estimate of drug-likeness (QED) is 0.269. The van der Waals surface area contributed by atoms with E-state index in [1.54, 1.807) is 0 Å². The maximum absolute atomic E-state index is 11.4. The molecule has 0 aliphatic heterocycles. The van der Waals surface area contributed by atoms with E-state index >= 15 is 0 Å². The summed E-state index contributed by atoms with van der Waals surface area (Å²) in [5.41, 5.74) is 0. The molecule has 0 saturated heterocycles. The van der Waals surface area contributed by atoms with Gasteiger partial charge in [-0.15, -0.1) is 0 Å². The van der Waals surface area contributed by atoms with Crippen molar-refractivity contribution in [3.8, 4) is 0 Å². The van der Waals surface area contributed by atoms with Crippen molar-refractivity contribution in [1.29, 1.82) is 0 Å². The molecule has 0 atom stereocenters. The summed E-state index contributed by atoms with van der Waals surface area (Å²) < 4.78 is 14.0. The first kappa shape index (κ1) is 18.4. The number of esters is 3. The Morgan fingerprint density at radius 1 is 1.00 bits per heavy atom. The summed E-state index contributed by atoms with van der Waals surface area (Å²) >= 11 is 11.2. The second kappa shape index (κ2) is 9.34. The lowest BCUT2D eigenvalue weighted by molar-refractivity contribution is -0.198. The molecule has 110 valence electrons. The molecule has 0 rings (SSSR count). The van der Waals surface area contributed by atoms with Gasteiger partial charge in [0.15, 0.2) is 0 Å². The second-order valence-electron chi connectivity index (χ2n) is 3.10. The fraction of sp³-hybridized carbons (Fsp3) is 0.667. The van der Waals surface area contributed by atoms with E-state index in [1.807, 2.05) is 0 Å². The van der Waals surface area contributed by atoms with Crippen LogP contribution in [-0.4, -0.2) is 52.9 Å². The van der Waals surface area contributed by atoms with Crippen LogP contribution in [0, 0.1) is 0 Å². The number of carbonyl (C=O) groups excluding carboxylic acids is 3. The van der Waals surface area contributed by atoms with Crippen molar-refractivity contribution < 1.29 is 33.7 Å². The van der Waals surface area contributed by atoms with E-state index in [1.165, 1.54) is 0 Å². The molecule has 10 heteroatoms. The Hall–Kier alpha value is -0.580. The fourth-order valence-corrected chi connectivity index (χ4v) is 1.37. The minimum Gasteiger partial charge on any atom is -0.463 e. The number of aliphatic hydroxyl groups excluding tert-OH is 1. The van der Waals surface area contributed by atoms with Crippen molar-refractivity contribution in [1.82, 2.24) is 0 Å². The van der Waals surface area contributed by atoms with Crippen LogP contribution in [0.15, 0.2) is 0 Å². The first-order chi connectivity index (χ1) is 8.86. The van der Waals surface area contributed by atoms with E-state index in [4.69, 9.17) is 14.6 Å². The first-order valence-electron chi connectivity index (χ1n) is 5.01. The Balaban J connectivity index is 4.68. The van der Waals surface area contributed by atoms with Crippen LogP contribution in [0.3, 0.4) is 0 Å². The number of aliphatic hydroxyl groups is 1. The summed E-state index contributed by atoms with van der Waals surface area (Å²) in [5.74, 6) is -3.10. The molecular formula is C9H14O7S3. The number of ether oxygens (including phenoxy) is 3. The van der Waals surface area contributed by atoms with Gasteiger partial charge < -0.3 is 19.3 Å². The number of thiol groups is 3. The predicted octanol–water partition coefficient (Wildman–Crippen LogP) is -0.558. The minimum absolute atomic E-state index is 0.232. The summed E-state index contributed by atoms with van der Waals surface area (Å²) in [7, 11) is 0. The van der Waals surface area contributed by atoms with Crippen LogP contribution < -0.4 is 0 Å². The largest absolute Gasteiger partial charge is 0.463 e. The number of carbonyl (C=O) groups is 3. The van der Waals surface area contributed by atoms with Gasteiger partial charge in [-0.2, -0.15) is 25.3 Å². The van der Waals surface area contributed by atoms with Gasteiger partial charge in [0.05, 0.1) is 18.1 Å². The SMILES string of the molecule is O=C(CC(S)(OC(=O)CS)OC(=O)CS)OCCO. The highest BCUT2D eigenvalue weighted by Crippen LogP contribution is 2.24. The highest BCUT2D eigenvalue weighted by Gasteiger charge is 2.37. The lowest BCUT2D eigenvalue weighted by Crippen LogP contribution is -2.38. The van der Waals surface area contributed by atoms with Crippen molar-refractivity contribution in [2.75, 3.05) is 24.7 Å². The Kier molecular flexibility index (Phi) is 9.06. The smallest absolute Gasteiger partial charge is 0.319 e. The molecule has 0 aromatic carbocycles. The molecule has 1 N–H and O–H groups in total. The normalized spacial score (nSPS) is 10.7. The average molecular weight is 330 g/mol. The van der Waals surface area contributed by atoms with Crippen LogP contribution in [-0.2, 0) is 28.6 Å². The van der Waals surface area contributed by atoms with Crippen LogP contribution in [0.5, 0.6) is 0 Å². The third kappa shape index (κ3) is 8.24. The van der Waals surface area contributed by atoms with Crippen LogP contribution in [0.1, 0.15) is 6.42 Å². The summed E-state index contributed by atoms with van der Waals surface area (Å²) in [4.78, 5) is 33.6. The monoisotopic (exact) mass is 330 g/mol. The van der Waals surface area contributed by atoms with Crippen LogP contribution >= 0.6 is 37.9 Å². The molecule has 0 radical (unpaired) electrons. The Bertz CT molecular complexity index is 316. The lowest BCUT2D eigenvalue weighted by Gasteiger charge is -2.26. The topological polar surface area (TPSA) is 99.1 Å². The molecule has 0 aromatic heterocycles. The molecule has 0 heterocycles. The van der Waals surface area contributed by atoms with E-state index in [0.717, 1.165) is 0 Å². The van der Waals surface area contributed by atoms with Crippen LogP contribution in [0.2, 0.25) is 0 Å². The lowest BCUT2D eigenvalue weighted by atomic mass is 10.4. The van der Waals surface area contributed by atoms with Gasteiger partial charge in [0.25, 0.3) is 0 Å². The zero-order valence-corrected chi connectivity index (χ0v) is 12.5. The highest BCUT2D eigenvalue weighted by atomic mass is 32.1. The predicted molar refractivity (Wildman–Crippen MR) is 74.3 cm³/mol. The van der Waals surface area contributed by atoms with Crippen molar-refractivity contribution in [3.63, 3.8) is 0 Å². The average Bonchev–Trinajstić information content (AvgIpc) is 2.35. The first-order valence-corrected chi connectivity index (χ1v) is 6.72. The van der Waals surface area contributed by atoms with Gasteiger partial charge in [-0.25, -0.2) is 0 Å².